The summed E-state index contributed by atoms with van der Waals surface area (Å²) in [5.41, 5.74) is 18.3. The molecule has 1 heteroatoms. The molecule has 0 radical (unpaired) electrons. The smallest absolute Gasteiger partial charge is 0.0714 e. The summed E-state index contributed by atoms with van der Waals surface area (Å²) >= 11 is 0. The number of fused-ring (bicyclic) bond motifs is 6. The second-order valence-corrected chi connectivity index (χ2v) is 14.9. The Labute approximate surface area is 312 Å². The minimum Gasteiger partial charge on any atom is -0.310 e. The molecule has 53 heavy (non-hydrogen) atoms. The Kier molecular flexibility index (Phi) is 7.13. The van der Waals surface area contributed by atoms with Crippen molar-refractivity contribution in [3.63, 3.8) is 0 Å². The zero-order valence-corrected chi connectivity index (χ0v) is 30.0. The molecule has 0 N–H and O–H groups in total. The van der Waals surface area contributed by atoms with Crippen LogP contribution < -0.4 is 4.90 Å². The Hall–Kier alpha value is -6.44. The Balaban J connectivity index is 1.25. The molecule has 2 aliphatic rings. The molecule has 0 aromatic heterocycles. The van der Waals surface area contributed by atoms with Gasteiger partial charge in [-0.3, -0.25) is 0 Å². The van der Waals surface area contributed by atoms with Crippen LogP contribution in [0.15, 0.2) is 200 Å². The van der Waals surface area contributed by atoms with Crippen LogP contribution in [0.25, 0.3) is 33.4 Å². The Bertz CT molecular complexity index is 2580. The number of rotatable bonds is 6. The third-order valence-electron chi connectivity index (χ3n) is 11.7. The molecule has 0 aliphatic heterocycles. The predicted molar refractivity (Wildman–Crippen MR) is 221 cm³/mol. The summed E-state index contributed by atoms with van der Waals surface area (Å²) in [5.74, 6) is 0. The lowest BCUT2D eigenvalue weighted by atomic mass is 9.67. The second kappa shape index (κ2) is 12.1. The van der Waals surface area contributed by atoms with Gasteiger partial charge in [0.15, 0.2) is 0 Å². The van der Waals surface area contributed by atoms with Crippen LogP contribution in [0.5, 0.6) is 0 Å². The van der Waals surface area contributed by atoms with Gasteiger partial charge in [-0.25, -0.2) is 0 Å². The third-order valence-corrected chi connectivity index (χ3v) is 11.7. The molecule has 0 fully saturated rings. The van der Waals surface area contributed by atoms with Crippen LogP contribution in [-0.4, -0.2) is 0 Å². The van der Waals surface area contributed by atoms with Crippen LogP contribution in [0.4, 0.5) is 17.1 Å². The van der Waals surface area contributed by atoms with Gasteiger partial charge in [-0.15, -0.1) is 0 Å². The van der Waals surface area contributed by atoms with E-state index in [1.807, 2.05) is 0 Å². The molecule has 8 aromatic carbocycles. The Morgan fingerprint density at radius 1 is 0.358 bits per heavy atom. The molecule has 0 saturated heterocycles. The number of benzene rings is 8. The minimum atomic E-state index is -0.485. The van der Waals surface area contributed by atoms with Gasteiger partial charge in [0.05, 0.1) is 11.1 Å². The lowest BCUT2D eigenvalue weighted by Gasteiger charge is -2.35. The molecule has 0 spiro atoms. The van der Waals surface area contributed by atoms with E-state index in [1.165, 1.54) is 72.4 Å². The molecule has 252 valence electrons. The van der Waals surface area contributed by atoms with Crippen molar-refractivity contribution in [3.05, 3.63) is 234 Å². The predicted octanol–water partition coefficient (Wildman–Crippen LogP) is 13.5. The second-order valence-electron chi connectivity index (χ2n) is 14.9. The van der Waals surface area contributed by atoms with E-state index in [-0.39, 0.29) is 5.41 Å². The van der Waals surface area contributed by atoms with Crippen LogP contribution in [0.2, 0.25) is 0 Å². The van der Waals surface area contributed by atoms with Crippen molar-refractivity contribution < 1.29 is 0 Å². The molecule has 0 saturated carbocycles. The molecular weight excluding hydrogens is 639 g/mol. The first-order valence-corrected chi connectivity index (χ1v) is 18.6. The van der Waals surface area contributed by atoms with Crippen molar-refractivity contribution in [3.8, 4) is 33.4 Å². The number of nitrogens with zero attached hydrogens (tertiary/aromatic N) is 1. The van der Waals surface area contributed by atoms with E-state index in [4.69, 9.17) is 0 Å². The van der Waals surface area contributed by atoms with E-state index in [0.717, 1.165) is 11.4 Å². The maximum absolute atomic E-state index is 2.51. The van der Waals surface area contributed by atoms with Crippen LogP contribution in [-0.2, 0) is 10.8 Å². The van der Waals surface area contributed by atoms with Crippen LogP contribution in [0.3, 0.4) is 0 Å². The van der Waals surface area contributed by atoms with E-state index in [0.29, 0.717) is 0 Å². The largest absolute Gasteiger partial charge is 0.310 e. The first kappa shape index (κ1) is 31.3. The van der Waals surface area contributed by atoms with Gasteiger partial charge in [0.25, 0.3) is 0 Å². The van der Waals surface area contributed by atoms with Gasteiger partial charge in [-0.1, -0.05) is 184 Å². The highest BCUT2D eigenvalue weighted by Gasteiger charge is 2.46. The highest BCUT2D eigenvalue weighted by Crippen LogP contribution is 2.58. The fourth-order valence-corrected chi connectivity index (χ4v) is 9.44. The van der Waals surface area contributed by atoms with Gasteiger partial charge in [0.2, 0.25) is 0 Å². The number of anilines is 3. The first-order valence-electron chi connectivity index (χ1n) is 18.6. The van der Waals surface area contributed by atoms with Crippen LogP contribution in [0.1, 0.15) is 47.2 Å². The molecule has 0 heterocycles. The third kappa shape index (κ3) is 4.64. The molecule has 0 atom stereocenters. The van der Waals surface area contributed by atoms with E-state index < -0.39 is 5.41 Å². The standard InChI is InChI=1S/C52H39N/c1-51(2)46-26-14-12-24-43(46)45-25-16-28-49(50(45)51)53(40-31-29-37(30-32-40)36-17-6-3-7-18-36)41-33-34-44-42-23-13-15-27-47(42)52(48(44)35-41,38-19-8-4-9-20-38)39-21-10-5-11-22-39/h3-35H,1-2H3. The maximum Gasteiger partial charge on any atom is 0.0714 e. The average molecular weight is 678 g/mol. The van der Waals surface area contributed by atoms with Crippen molar-refractivity contribution >= 4 is 17.1 Å². The van der Waals surface area contributed by atoms with Crippen molar-refractivity contribution in [1.29, 1.82) is 0 Å². The van der Waals surface area contributed by atoms with Crippen molar-refractivity contribution in [1.82, 2.24) is 0 Å². The lowest BCUT2D eigenvalue weighted by Crippen LogP contribution is -2.28. The zero-order chi connectivity index (χ0) is 35.6. The summed E-state index contributed by atoms with van der Waals surface area (Å²) in [7, 11) is 0. The van der Waals surface area contributed by atoms with Crippen LogP contribution in [0, 0.1) is 0 Å². The normalized spacial score (nSPS) is 14.2. The number of hydrogen-bond donors (Lipinski definition) is 0. The fourth-order valence-electron chi connectivity index (χ4n) is 9.44. The van der Waals surface area contributed by atoms with E-state index in [1.54, 1.807) is 0 Å². The lowest BCUT2D eigenvalue weighted by molar-refractivity contribution is 0.661. The van der Waals surface area contributed by atoms with Gasteiger partial charge in [0.1, 0.15) is 0 Å². The van der Waals surface area contributed by atoms with Crippen molar-refractivity contribution in [2.45, 2.75) is 24.7 Å². The summed E-state index contributed by atoms with van der Waals surface area (Å²) in [4.78, 5) is 2.51. The Morgan fingerprint density at radius 3 is 1.51 bits per heavy atom. The topological polar surface area (TPSA) is 3.24 Å². The van der Waals surface area contributed by atoms with Gasteiger partial charge >= 0.3 is 0 Å². The molecule has 10 rings (SSSR count). The van der Waals surface area contributed by atoms with Crippen molar-refractivity contribution in [2.24, 2.45) is 0 Å². The van der Waals surface area contributed by atoms with E-state index in [2.05, 4.69) is 219 Å². The molecule has 2 aliphatic carbocycles. The van der Waals surface area contributed by atoms with Gasteiger partial charge in [-0.2, -0.15) is 0 Å². The average Bonchev–Trinajstić information content (AvgIpc) is 3.65. The fraction of sp³-hybridized carbons (Fsp3) is 0.0769. The summed E-state index contributed by atoms with van der Waals surface area (Å²) in [6.07, 6.45) is 0. The SMILES string of the molecule is CC1(C)c2ccccc2-c2cccc(N(c3ccc(-c4ccccc4)cc3)c3ccc4c(c3)C(c3ccccc3)(c3ccccc3)c3ccccc3-4)c21. The molecular formula is C52H39N. The summed E-state index contributed by atoms with van der Waals surface area (Å²) in [6, 6.07) is 73.9. The zero-order valence-electron chi connectivity index (χ0n) is 30.0. The van der Waals surface area contributed by atoms with Crippen molar-refractivity contribution in [2.75, 3.05) is 4.90 Å². The molecule has 8 aromatic rings. The molecule has 0 bridgehead atoms. The minimum absolute atomic E-state index is 0.185. The van der Waals surface area contributed by atoms with Gasteiger partial charge in [0, 0.05) is 16.8 Å². The molecule has 1 nitrogen and oxygen atoms in total. The number of hydrogen-bond acceptors (Lipinski definition) is 1. The highest BCUT2D eigenvalue weighted by molar-refractivity contribution is 5.93. The monoisotopic (exact) mass is 677 g/mol. The summed E-state index contributed by atoms with van der Waals surface area (Å²) in [6.45, 7) is 4.76. The maximum atomic E-state index is 2.51. The van der Waals surface area contributed by atoms with Gasteiger partial charge in [-0.05, 0) is 97.1 Å². The Morgan fingerprint density at radius 2 is 0.849 bits per heavy atom. The summed E-state index contributed by atoms with van der Waals surface area (Å²) < 4.78 is 0. The quantitative estimate of drug-likeness (QED) is 0.169. The molecule has 0 unspecified atom stereocenters. The van der Waals surface area contributed by atoms with E-state index >= 15 is 0 Å². The molecule has 0 amide bonds. The highest BCUT2D eigenvalue weighted by atomic mass is 15.1. The first-order chi connectivity index (χ1) is 26.1. The van der Waals surface area contributed by atoms with Crippen LogP contribution >= 0.6 is 0 Å². The van der Waals surface area contributed by atoms with E-state index in [9.17, 15) is 0 Å². The summed E-state index contributed by atoms with van der Waals surface area (Å²) in [5, 5.41) is 0. The van der Waals surface area contributed by atoms with Gasteiger partial charge < -0.3 is 4.90 Å².